The molecular weight excluding hydrogens is 408 g/mol. The summed E-state index contributed by atoms with van der Waals surface area (Å²) in [5.41, 5.74) is 3.01. The molecule has 0 amide bonds. The van der Waals surface area contributed by atoms with Crippen molar-refractivity contribution in [3.8, 4) is 0 Å². The zero-order chi connectivity index (χ0) is 20.7. The summed E-state index contributed by atoms with van der Waals surface area (Å²) in [6.07, 6.45) is 4.36. The first-order valence-electron chi connectivity index (χ1n) is 10.0. The van der Waals surface area contributed by atoms with Gasteiger partial charge in [-0.1, -0.05) is 54.4 Å². The average molecular weight is 435 g/mol. The Kier molecular flexibility index (Phi) is 7.70. The maximum Gasteiger partial charge on any atom is 0.243 e. The Balaban J connectivity index is 1.53. The number of hydrogen-bond donors (Lipinski definition) is 0. The van der Waals surface area contributed by atoms with Crippen LogP contribution in [0.3, 0.4) is 0 Å². The van der Waals surface area contributed by atoms with E-state index in [4.69, 9.17) is 16.4 Å². The Morgan fingerprint density at radius 3 is 2.45 bits per heavy atom. The van der Waals surface area contributed by atoms with Crippen LogP contribution in [0.15, 0.2) is 58.6 Å². The number of oxime groups is 1. The summed E-state index contributed by atoms with van der Waals surface area (Å²) in [4.78, 5) is 5.78. The Labute approximate surface area is 178 Å². The molecule has 0 saturated carbocycles. The van der Waals surface area contributed by atoms with Crippen molar-refractivity contribution in [3.63, 3.8) is 0 Å². The summed E-state index contributed by atoms with van der Waals surface area (Å²) in [6.45, 7) is 3.32. The molecule has 1 saturated heterocycles. The smallest absolute Gasteiger partial charge is 0.243 e. The van der Waals surface area contributed by atoms with E-state index in [2.05, 4.69) is 12.1 Å². The van der Waals surface area contributed by atoms with Gasteiger partial charge in [0.25, 0.3) is 0 Å². The molecule has 0 aromatic heterocycles. The van der Waals surface area contributed by atoms with Crippen molar-refractivity contribution < 1.29 is 13.3 Å². The van der Waals surface area contributed by atoms with Crippen LogP contribution in [0.25, 0.3) is 0 Å². The maximum atomic E-state index is 12.9. The van der Waals surface area contributed by atoms with Crippen molar-refractivity contribution in [2.45, 2.75) is 50.5 Å². The van der Waals surface area contributed by atoms with Crippen LogP contribution in [0.2, 0.25) is 5.02 Å². The molecule has 0 spiro atoms. The van der Waals surface area contributed by atoms with Gasteiger partial charge in [-0.05, 0) is 48.2 Å². The molecule has 1 fully saturated rings. The van der Waals surface area contributed by atoms with Crippen LogP contribution in [0.1, 0.15) is 43.7 Å². The third kappa shape index (κ3) is 6.04. The van der Waals surface area contributed by atoms with Gasteiger partial charge in [-0.15, -0.1) is 0 Å². The van der Waals surface area contributed by atoms with Gasteiger partial charge in [-0.25, -0.2) is 8.42 Å². The van der Waals surface area contributed by atoms with Crippen molar-refractivity contribution in [2.75, 3.05) is 13.1 Å². The largest absolute Gasteiger partial charge is 0.391 e. The molecule has 156 valence electrons. The van der Waals surface area contributed by atoms with E-state index in [9.17, 15) is 8.42 Å². The number of rotatable bonds is 8. The molecule has 0 aliphatic carbocycles. The summed E-state index contributed by atoms with van der Waals surface area (Å²) in [5, 5.41) is 4.85. The maximum absolute atomic E-state index is 12.9. The van der Waals surface area contributed by atoms with Gasteiger partial charge in [0.15, 0.2) is 0 Å². The molecule has 1 aliphatic rings. The molecule has 29 heavy (non-hydrogen) atoms. The molecule has 7 heteroatoms. The number of piperidine rings is 1. The average Bonchev–Trinajstić information content (AvgIpc) is 2.73. The number of benzene rings is 2. The van der Waals surface area contributed by atoms with E-state index < -0.39 is 10.0 Å². The van der Waals surface area contributed by atoms with Gasteiger partial charge in [-0.3, -0.25) is 0 Å². The third-order valence-electron chi connectivity index (χ3n) is 4.99. The fraction of sp³-hybridized carbons (Fsp3) is 0.409. The van der Waals surface area contributed by atoms with E-state index in [-0.39, 0.29) is 0 Å². The van der Waals surface area contributed by atoms with Crippen molar-refractivity contribution in [1.29, 1.82) is 0 Å². The molecule has 3 rings (SSSR count). The fourth-order valence-electron chi connectivity index (χ4n) is 3.26. The lowest BCUT2D eigenvalue weighted by molar-refractivity contribution is 0.128. The molecule has 0 atom stereocenters. The molecule has 1 heterocycles. The van der Waals surface area contributed by atoms with Crippen molar-refractivity contribution >= 4 is 27.3 Å². The van der Waals surface area contributed by atoms with Gasteiger partial charge in [0.1, 0.15) is 6.61 Å². The molecule has 0 unspecified atom stereocenters. The molecule has 0 N–H and O–H groups in total. The van der Waals surface area contributed by atoms with Crippen LogP contribution < -0.4 is 0 Å². The number of nitrogens with zero attached hydrogens (tertiary/aromatic N) is 2. The summed E-state index contributed by atoms with van der Waals surface area (Å²) >= 11 is 5.96. The minimum atomic E-state index is -3.47. The molecular formula is C22H27ClN2O3S. The van der Waals surface area contributed by atoms with Crippen LogP contribution in [-0.4, -0.2) is 31.5 Å². The topological polar surface area (TPSA) is 59.0 Å². The lowest BCUT2D eigenvalue weighted by atomic mass is 10.1. The Morgan fingerprint density at radius 1 is 1.07 bits per heavy atom. The monoisotopic (exact) mass is 434 g/mol. The molecule has 0 radical (unpaired) electrons. The molecule has 0 bridgehead atoms. The van der Waals surface area contributed by atoms with E-state index in [0.29, 0.717) is 42.5 Å². The van der Waals surface area contributed by atoms with Crippen LogP contribution in [0.4, 0.5) is 0 Å². The van der Waals surface area contributed by atoms with Gasteiger partial charge in [0.05, 0.1) is 10.6 Å². The Morgan fingerprint density at radius 2 is 1.79 bits per heavy atom. The highest BCUT2D eigenvalue weighted by Crippen LogP contribution is 2.21. The SMILES string of the molecule is CCCCc1ccc(S(=O)(=O)N2CCC(=NOCc3cccc(Cl)c3)CC2)cc1. The van der Waals surface area contributed by atoms with Crippen LogP contribution >= 0.6 is 11.6 Å². The van der Waals surface area contributed by atoms with Gasteiger partial charge in [-0.2, -0.15) is 4.31 Å². The van der Waals surface area contributed by atoms with Crippen LogP contribution in [0.5, 0.6) is 0 Å². The number of hydrogen-bond acceptors (Lipinski definition) is 4. The predicted molar refractivity (Wildman–Crippen MR) is 117 cm³/mol. The summed E-state index contributed by atoms with van der Waals surface area (Å²) in [7, 11) is -3.47. The molecule has 2 aromatic rings. The summed E-state index contributed by atoms with van der Waals surface area (Å²) in [5.74, 6) is 0. The van der Waals surface area contributed by atoms with Crippen molar-refractivity contribution in [2.24, 2.45) is 5.16 Å². The van der Waals surface area contributed by atoms with E-state index in [0.717, 1.165) is 30.5 Å². The lowest BCUT2D eigenvalue weighted by Gasteiger charge is -2.26. The zero-order valence-corrected chi connectivity index (χ0v) is 18.3. The van der Waals surface area contributed by atoms with Gasteiger partial charge in [0.2, 0.25) is 10.0 Å². The number of sulfonamides is 1. The quantitative estimate of drug-likeness (QED) is 0.547. The second-order valence-corrected chi connectivity index (χ2v) is 9.59. The Hall–Kier alpha value is -1.89. The molecule has 2 aromatic carbocycles. The molecule has 5 nitrogen and oxygen atoms in total. The third-order valence-corrected chi connectivity index (χ3v) is 7.14. The van der Waals surface area contributed by atoms with E-state index in [1.54, 1.807) is 12.1 Å². The van der Waals surface area contributed by atoms with Gasteiger partial charge >= 0.3 is 0 Å². The zero-order valence-electron chi connectivity index (χ0n) is 16.7. The highest BCUT2D eigenvalue weighted by atomic mass is 35.5. The normalized spacial score (nSPS) is 15.3. The van der Waals surface area contributed by atoms with E-state index in [1.807, 2.05) is 36.4 Å². The summed E-state index contributed by atoms with van der Waals surface area (Å²) < 4.78 is 27.3. The minimum absolute atomic E-state index is 0.344. The van der Waals surface area contributed by atoms with Gasteiger partial charge in [0, 0.05) is 31.0 Å². The van der Waals surface area contributed by atoms with Crippen LogP contribution in [-0.2, 0) is 27.9 Å². The van der Waals surface area contributed by atoms with Crippen molar-refractivity contribution in [1.82, 2.24) is 4.31 Å². The van der Waals surface area contributed by atoms with Crippen LogP contribution in [0, 0.1) is 0 Å². The van der Waals surface area contributed by atoms with Crippen molar-refractivity contribution in [3.05, 3.63) is 64.7 Å². The highest BCUT2D eigenvalue weighted by molar-refractivity contribution is 7.89. The lowest BCUT2D eigenvalue weighted by Crippen LogP contribution is -2.38. The second kappa shape index (κ2) is 10.2. The number of unbranched alkanes of at least 4 members (excludes halogenated alkanes) is 1. The Bertz CT molecular complexity index is 933. The standard InChI is InChI=1S/C22H27ClN2O3S/c1-2-3-5-18-8-10-22(11-9-18)29(26,27)25-14-12-21(13-15-25)24-28-17-19-6-4-7-20(23)16-19/h4,6-11,16H,2-3,5,12-15,17H2,1H3. The minimum Gasteiger partial charge on any atom is -0.391 e. The first kappa shape index (κ1) is 21.8. The second-order valence-electron chi connectivity index (χ2n) is 7.21. The van der Waals surface area contributed by atoms with E-state index in [1.165, 1.54) is 9.87 Å². The summed E-state index contributed by atoms with van der Waals surface area (Å²) in [6, 6.07) is 14.7. The van der Waals surface area contributed by atoms with E-state index >= 15 is 0 Å². The molecule has 1 aliphatic heterocycles. The highest BCUT2D eigenvalue weighted by Gasteiger charge is 2.28. The predicted octanol–water partition coefficient (Wildman–Crippen LogP) is 5.04. The fourth-order valence-corrected chi connectivity index (χ4v) is 4.91. The number of halogens is 1. The first-order valence-corrected chi connectivity index (χ1v) is 11.8. The number of aryl methyl sites for hydroxylation is 1. The van der Waals surface area contributed by atoms with Gasteiger partial charge < -0.3 is 4.84 Å². The first-order chi connectivity index (χ1) is 14.0.